The van der Waals surface area contributed by atoms with Crippen molar-refractivity contribution in [3.05, 3.63) is 48.0 Å². The van der Waals surface area contributed by atoms with Gasteiger partial charge in [-0.25, -0.2) is 9.67 Å². The lowest BCUT2D eigenvalue weighted by Crippen LogP contribution is -2.41. The summed E-state index contributed by atoms with van der Waals surface area (Å²) in [6.07, 6.45) is -2.04. The standard InChI is InChI=1S/C15H14F3N5O/c1-11(23-10-20-9-21-23)14(24)22(8-15(16,17)18)7-13-4-2-12(6-19)3-5-13/h2-5,9-11H,7-8H2,1H3/t11-/m0/s1. The number of aromatic nitrogens is 3. The monoisotopic (exact) mass is 337 g/mol. The number of nitriles is 1. The molecule has 9 heteroatoms. The molecule has 0 saturated heterocycles. The third-order valence-corrected chi connectivity index (χ3v) is 3.33. The third-order valence-electron chi connectivity index (χ3n) is 3.33. The molecule has 1 heterocycles. The highest BCUT2D eigenvalue weighted by Crippen LogP contribution is 2.21. The zero-order chi connectivity index (χ0) is 17.7. The van der Waals surface area contributed by atoms with Crippen LogP contribution in [0.4, 0.5) is 13.2 Å². The molecule has 0 radical (unpaired) electrons. The van der Waals surface area contributed by atoms with Crippen molar-refractivity contribution < 1.29 is 18.0 Å². The van der Waals surface area contributed by atoms with Crippen molar-refractivity contribution in [1.29, 1.82) is 5.26 Å². The van der Waals surface area contributed by atoms with E-state index in [-0.39, 0.29) is 6.54 Å². The normalized spacial score (nSPS) is 12.5. The van der Waals surface area contributed by atoms with E-state index in [9.17, 15) is 18.0 Å². The lowest BCUT2D eigenvalue weighted by molar-refractivity contribution is -0.164. The molecule has 0 unspecified atom stereocenters. The summed E-state index contributed by atoms with van der Waals surface area (Å²) in [5.74, 6) is -0.720. The van der Waals surface area contributed by atoms with E-state index in [1.54, 1.807) is 0 Å². The van der Waals surface area contributed by atoms with Crippen molar-refractivity contribution in [3.63, 3.8) is 0 Å². The first-order valence-corrected chi connectivity index (χ1v) is 6.99. The number of halogens is 3. The van der Waals surface area contributed by atoms with Crippen molar-refractivity contribution in [2.75, 3.05) is 6.54 Å². The molecule has 0 bridgehead atoms. The van der Waals surface area contributed by atoms with Gasteiger partial charge in [0, 0.05) is 6.54 Å². The van der Waals surface area contributed by atoms with Crippen molar-refractivity contribution >= 4 is 5.91 Å². The first-order chi connectivity index (χ1) is 11.3. The van der Waals surface area contributed by atoms with Gasteiger partial charge in [-0.05, 0) is 24.6 Å². The third kappa shape index (κ3) is 4.55. The second kappa shape index (κ2) is 7.12. The predicted octanol–water partition coefficient (Wildman–Crippen LogP) is 2.30. The first kappa shape index (κ1) is 17.5. The van der Waals surface area contributed by atoms with E-state index < -0.39 is 24.7 Å². The molecule has 0 aliphatic carbocycles. The van der Waals surface area contributed by atoms with Crippen LogP contribution in [-0.2, 0) is 11.3 Å². The maximum atomic E-state index is 12.8. The molecule has 126 valence electrons. The van der Waals surface area contributed by atoms with Gasteiger partial charge >= 0.3 is 6.18 Å². The average Bonchev–Trinajstić information content (AvgIpc) is 3.06. The Morgan fingerprint density at radius 2 is 2.04 bits per heavy atom. The van der Waals surface area contributed by atoms with Crippen LogP contribution in [0.1, 0.15) is 24.1 Å². The van der Waals surface area contributed by atoms with Crippen molar-refractivity contribution in [3.8, 4) is 6.07 Å². The molecule has 0 spiro atoms. The van der Waals surface area contributed by atoms with E-state index in [2.05, 4.69) is 10.1 Å². The van der Waals surface area contributed by atoms with E-state index in [0.29, 0.717) is 16.0 Å². The summed E-state index contributed by atoms with van der Waals surface area (Å²) in [7, 11) is 0. The minimum atomic E-state index is -4.52. The second-order valence-corrected chi connectivity index (χ2v) is 5.17. The summed E-state index contributed by atoms with van der Waals surface area (Å²) in [5.41, 5.74) is 0.890. The number of rotatable bonds is 5. The number of nitrogens with zero attached hydrogens (tertiary/aromatic N) is 5. The van der Waals surface area contributed by atoms with Crippen molar-refractivity contribution in [1.82, 2.24) is 19.7 Å². The van der Waals surface area contributed by atoms with Crippen LogP contribution in [-0.4, -0.2) is 38.3 Å². The van der Waals surface area contributed by atoms with Crippen molar-refractivity contribution in [2.24, 2.45) is 0 Å². The van der Waals surface area contributed by atoms with Gasteiger partial charge in [0.2, 0.25) is 5.91 Å². The number of alkyl halides is 3. The smallest absolute Gasteiger partial charge is 0.327 e. The minimum Gasteiger partial charge on any atom is -0.327 e. The van der Waals surface area contributed by atoms with E-state index in [1.165, 1.54) is 48.5 Å². The Morgan fingerprint density at radius 3 is 2.54 bits per heavy atom. The summed E-state index contributed by atoms with van der Waals surface area (Å²) in [4.78, 5) is 16.8. The number of amides is 1. The van der Waals surface area contributed by atoms with Crippen LogP contribution in [0.15, 0.2) is 36.9 Å². The zero-order valence-electron chi connectivity index (χ0n) is 12.7. The van der Waals surface area contributed by atoms with Crippen molar-refractivity contribution in [2.45, 2.75) is 25.7 Å². The summed E-state index contributed by atoms with van der Waals surface area (Å²) >= 11 is 0. The Balaban J connectivity index is 2.20. The van der Waals surface area contributed by atoms with Gasteiger partial charge in [-0.2, -0.15) is 23.5 Å². The van der Waals surface area contributed by atoms with Gasteiger partial charge in [0.25, 0.3) is 0 Å². The summed E-state index contributed by atoms with van der Waals surface area (Å²) in [6, 6.07) is 7.05. The lowest BCUT2D eigenvalue weighted by atomic mass is 10.1. The van der Waals surface area contributed by atoms with E-state index >= 15 is 0 Å². The minimum absolute atomic E-state index is 0.219. The summed E-state index contributed by atoms with van der Waals surface area (Å²) in [6.45, 7) is -0.132. The molecule has 1 aromatic carbocycles. The van der Waals surface area contributed by atoms with Gasteiger partial charge in [0.15, 0.2) is 0 Å². The molecule has 0 fully saturated rings. The molecule has 0 aliphatic rings. The summed E-state index contributed by atoms with van der Waals surface area (Å²) < 4.78 is 39.7. The lowest BCUT2D eigenvalue weighted by Gasteiger charge is -2.26. The molecule has 24 heavy (non-hydrogen) atoms. The molecular weight excluding hydrogens is 323 g/mol. The quantitative estimate of drug-likeness (QED) is 0.839. The van der Waals surface area contributed by atoms with Crippen LogP contribution in [0.5, 0.6) is 0 Å². The fraction of sp³-hybridized carbons (Fsp3) is 0.333. The molecule has 6 nitrogen and oxygen atoms in total. The highest BCUT2D eigenvalue weighted by molar-refractivity contribution is 5.80. The molecule has 1 atom stereocenters. The van der Waals surface area contributed by atoms with Gasteiger partial charge < -0.3 is 4.90 Å². The molecule has 1 aromatic heterocycles. The summed E-state index contributed by atoms with van der Waals surface area (Å²) in [5, 5.41) is 12.5. The van der Waals surface area contributed by atoms with Crippen LogP contribution in [0.3, 0.4) is 0 Å². The van der Waals surface area contributed by atoms with Gasteiger partial charge in [0.1, 0.15) is 25.2 Å². The highest BCUT2D eigenvalue weighted by Gasteiger charge is 2.35. The topological polar surface area (TPSA) is 74.8 Å². The van der Waals surface area contributed by atoms with E-state index in [1.807, 2.05) is 6.07 Å². The molecule has 0 saturated carbocycles. The fourth-order valence-corrected chi connectivity index (χ4v) is 2.13. The van der Waals surface area contributed by atoms with Gasteiger partial charge in [0.05, 0.1) is 11.6 Å². The Hall–Kier alpha value is -2.89. The maximum absolute atomic E-state index is 12.8. The number of benzene rings is 1. The highest BCUT2D eigenvalue weighted by atomic mass is 19.4. The van der Waals surface area contributed by atoms with E-state index in [4.69, 9.17) is 5.26 Å². The Kier molecular flexibility index (Phi) is 5.18. The largest absolute Gasteiger partial charge is 0.406 e. The molecule has 2 rings (SSSR count). The first-order valence-electron chi connectivity index (χ1n) is 6.99. The van der Waals surface area contributed by atoms with Crippen LogP contribution in [0.25, 0.3) is 0 Å². The Bertz CT molecular complexity index is 719. The Labute approximate surface area is 136 Å². The van der Waals surface area contributed by atoms with Crippen LogP contribution < -0.4 is 0 Å². The van der Waals surface area contributed by atoms with Crippen LogP contribution in [0, 0.1) is 11.3 Å². The Morgan fingerprint density at radius 1 is 1.38 bits per heavy atom. The van der Waals surface area contributed by atoms with Gasteiger partial charge in [-0.3, -0.25) is 4.79 Å². The molecule has 2 aromatic rings. The SMILES string of the molecule is C[C@@H](C(=O)N(Cc1ccc(C#N)cc1)CC(F)(F)F)n1cncn1. The zero-order valence-corrected chi connectivity index (χ0v) is 12.7. The second-order valence-electron chi connectivity index (χ2n) is 5.17. The van der Waals surface area contributed by atoms with E-state index in [0.717, 1.165) is 0 Å². The molecule has 1 amide bonds. The number of carbonyl (C=O) groups excluding carboxylic acids is 1. The number of hydrogen-bond donors (Lipinski definition) is 0. The van der Waals surface area contributed by atoms with Crippen LogP contribution >= 0.6 is 0 Å². The van der Waals surface area contributed by atoms with Crippen LogP contribution in [0.2, 0.25) is 0 Å². The number of hydrogen-bond acceptors (Lipinski definition) is 4. The molecule has 0 N–H and O–H groups in total. The van der Waals surface area contributed by atoms with Gasteiger partial charge in [-0.1, -0.05) is 12.1 Å². The fourth-order valence-electron chi connectivity index (χ4n) is 2.13. The van der Waals surface area contributed by atoms with Gasteiger partial charge in [-0.15, -0.1) is 0 Å². The maximum Gasteiger partial charge on any atom is 0.406 e. The predicted molar refractivity (Wildman–Crippen MR) is 77.4 cm³/mol. The average molecular weight is 337 g/mol. The molecule has 0 aliphatic heterocycles. The molecular formula is C15H14F3N5O. The number of carbonyl (C=O) groups is 1.